The standard InChI is InChI=1S/C39H50N6O7S2/c1-3-24(2)33(45-34(46)28(40)19-25-13-7-4-8-14-25)38(50)42-30(21-27-17-11-6-12-18-27)35(47)43-31(22-53)37(49)41-29(20-26-15-9-5-10-16-26)36(48)44-32(23-54)39(51)52/h4-18,24,28-33,53-54H,3,19-23,40H2,1-2H3,(H,41,49)(H,42,50)(H,43,47)(H,44,48)(H,45,46)(H,51,52)/t24-,28-,29-,30-,31-,32-,33-/m0/s1. The van der Waals surface area contributed by atoms with Crippen LogP contribution in [0, 0.1) is 5.92 Å². The predicted molar refractivity (Wildman–Crippen MR) is 213 cm³/mol. The van der Waals surface area contributed by atoms with Gasteiger partial charge in [-0.1, -0.05) is 111 Å². The zero-order valence-electron chi connectivity index (χ0n) is 30.3. The Labute approximate surface area is 326 Å². The summed E-state index contributed by atoms with van der Waals surface area (Å²) in [5.74, 6) is -5.32. The summed E-state index contributed by atoms with van der Waals surface area (Å²) >= 11 is 8.30. The first-order valence-corrected chi connectivity index (χ1v) is 19.0. The maximum absolute atomic E-state index is 13.9. The van der Waals surface area contributed by atoms with Crippen molar-refractivity contribution in [2.45, 2.75) is 75.8 Å². The fourth-order valence-corrected chi connectivity index (χ4v) is 6.00. The van der Waals surface area contributed by atoms with Crippen molar-refractivity contribution in [1.82, 2.24) is 26.6 Å². The molecule has 0 saturated carbocycles. The molecule has 0 unspecified atom stereocenters. The van der Waals surface area contributed by atoms with Crippen LogP contribution in [0.5, 0.6) is 0 Å². The minimum Gasteiger partial charge on any atom is -0.480 e. The average Bonchev–Trinajstić information content (AvgIpc) is 3.17. The fourth-order valence-electron chi connectivity index (χ4n) is 5.50. The van der Waals surface area contributed by atoms with Gasteiger partial charge in [0.25, 0.3) is 0 Å². The van der Waals surface area contributed by atoms with Crippen LogP contribution in [0.4, 0.5) is 0 Å². The summed E-state index contributed by atoms with van der Waals surface area (Å²) in [7, 11) is 0. The summed E-state index contributed by atoms with van der Waals surface area (Å²) in [4.78, 5) is 79.5. The molecular formula is C39H50N6O7S2. The number of rotatable bonds is 21. The van der Waals surface area contributed by atoms with Gasteiger partial charge >= 0.3 is 5.97 Å². The topological polar surface area (TPSA) is 209 Å². The third kappa shape index (κ3) is 13.8. The van der Waals surface area contributed by atoms with Gasteiger partial charge in [-0.05, 0) is 29.0 Å². The molecule has 0 spiro atoms. The molecule has 0 aliphatic carbocycles. The molecule has 54 heavy (non-hydrogen) atoms. The Hall–Kier alpha value is -4.86. The second-order valence-corrected chi connectivity index (χ2v) is 13.7. The molecule has 0 saturated heterocycles. The third-order valence-electron chi connectivity index (χ3n) is 8.87. The molecule has 0 aliphatic rings. The van der Waals surface area contributed by atoms with Gasteiger partial charge in [0, 0.05) is 24.3 Å². The number of nitrogens with two attached hydrogens (primary N) is 1. The number of benzene rings is 3. The Kier molecular flexibility index (Phi) is 18.0. The molecule has 0 aromatic heterocycles. The Morgan fingerprint density at radius 2 is 0.926 bits per heavy atom. The van der Waals surface area contributed by atoms with Crippen molar-refractivity contribution in [3.63, 3.8) is 0 Å². The van der Waals surface area contributed by atoms with Crippen LogP contribution in [0.1, 0.15) is 37.0 Å². The van der Waals surface area contributed by atoms with Gasteiger partial charge in [0.2, 0.25) is 29.5 Å². The first-order valence-electron chi connectivity index (χ1n) is 17.7. The molecule has 13 nitrogen and oxygen atoms in total. The lowest BCUT2D eigenvalue weighted by Crippen LogP contribution is -2.61. The van der Waals surface area contributed by atoms with Gasteiger partial charge in [-0.15, -0.1) is 0 Å². The van der Waals surface area contributed by atoms with Crippen molar-refractivity contribution < 1.29 is 33.9 Å². The van der Waals surface area contributed by atoms with Gasteiger partial charge in [-0.3, -0.25) is 24.0 Å². The average molecular weight is 779 g/mol. The van der Waals surface area contributed by atoms with E-state index >= 15 is 0 Å². The smallest absolute Gasteiger partial charge is 0.327 e. The molecule has 290 valence electrons. The molecular weight excluding hydrogens is 729 g/mol. The van der Waals surface area contributed by atoms with E-state index in [0.717, 1.165) is 11.1 Å². The molecule has 0 aliphatic heterocycles. The summed E-state index contributed by atoms with van der Waals surface area (Å²) in [6.07, 6.45) is 0.863. The summed E-state index contributed by atoms with van der Waals surface area (Å²) in [6, 6.07) is 20.1. The molecule has 0 radical (unpaired) electrons. The van der Waals surface area contributed by atoms with Gasteiger partial charge in [0.1, 0.15) is 30.2 Å². The van der Waals surface area contributed by atoms with E-state index in [-0.39, 0.29) is 36.7 Å². The van der Waals surface area contributed by atoms with E-state index in [1.807, 2.05) is 43.3 Å². The van der Waals surface area contributed by atoms with E-state index in [0.29, 0.717) is 12.0 Å². The quantitative estimate of drug-likeness (QED) is 0.0722. The van der Waals surface area contributed by atoms with Crippen molar-refractivity contribution in [2.24, 2.45) is 11.7 Å². The van der Waals surface area contributed by atoms with Crippen LogP contribution in [-0.4, -0.2) is 88.4 Å². The highest BCUT2D eigenvalue weighted by Gasteiger charge is 2.34. The van der Waals surface area contributed by atoms with E-state index in [1.165, 1.54) is 0 Å². The molecule has 15 heteroatoms. The fraction of sp³-hybridized carbons (Fsp3) is 0.385. The van der Waals surface area contributed by atoms with E-state index in [9.17, 15) is 33.9 Å². The van der Waals surface area contributed by atoms with Crippen LogP contribution in [0.2, 0.25) is 0 Å². The van der Waals surface area contributed by atoms with E-state index in [4.69, 9.17) is 5.73 Å². The molecule has 0 fully saturated rings. The number of thiol groups is 2. The normalized spacial score (nSPS) is 14.8. The number of nitrogens with one attached hydrogen (secondary N) is 5. The number of aliphatic carboxylic acids is 1. The number of carboxylic acid groups (broad SMARTS) is 1. The van der Waals surface area contributed by atoms with Crippen LogP contribution in [0.15, 0.2) is 91.0 Å². The SMILES string of the molecule is CC[C@H](C)[C@H](NC(=O)[C@@H](N)Cc1ccccc1)C(=O)N[C@@H](Cc1ccccc1)C(=O)N[C@@H](CS)C(=O)N[C@@H](Cc1ccccc1)C(=O)N[C@@H](CS)C(=O)O. The summed E-state index contributed by atoms with van der Waals surface area (Å²) in [5, 5.41) is 22.7. The van der Waals surface area contributed by atoms with Crippen LogP contribution in [-0.2, 0) is 48.0 Å². The molecule has 5 amide bonds. The highest BCUT2D eigenvalue weighted by Crippen LogP contribution is 2.12. The lowest BCUT2D eigenvalue weighted by atomic mass is 9.96. The molecule has 3 aromatic carbocycles. The van der Waals surface area contributed by atoms with E-state index in [2.05, 4.69) is 51.8 Å². The molecule has 3 aromatic rings. The van der Waals surface area contributed by atoms with Crippen molar-refractivity contribution >= 4 is 60.8 Å². The van der Waals surface area contributed by atoms with Gasteiger partial charge in [0.15, 0.2) is 0 Å². The minimum absolute atomic E-state index is 0.0228. The third-order valence-corrected chi connectivity index (χ3v) is 9.60. The zero-order valence-corrected chi connectivity index (χ0v) is 32.1. The first kappa shape index (κ1) is 43.5. The van der Waals surface area contributed by atoms with Gasteiger partial charge < -0.3 is 37.4 Å². The van der Waals surface area contributed by atoms with Gasteiger partial charge in [0.05, 0.1) is 6.04 Å². The van der Waals surface area contributed by atoms with Crippen molar-refractivity contribution in [1.29, 1.82) is 0 Å². The van der Waals surface area contributed by atoms with Crippen LogP contribution >= 0.6 is 25.3 Å². The van der Waals surface area contributed by atoms with E-state index in [1.54, 1.807) is 61.5 Å². The number of carboxylic acids is 1. The lowest BCUT2D eigenvalue weighted by molar-refractivity contribution is -0.141. The Bertz CT molecular complexity index is 1690. The number of carbonyl (C=O) groups excluding carboxylic acids is 5. The van der Waals surface area contributed by atoms with Crippen molar-refractivity contribution in [3.8, 4) is 0 Å². The van der Waals surface area contributed by atoms with Gasteiger partial charge in [-0.25, -0.2) is 4.79 Å². The van der Waals surface area contributed by atoms with Crippen LogP contribution in [0.3, 0.4) is 0 Å². The summed E-state index contributed by atoms with van der Waals surface area (Å²) in [6.45, 7) is 3.67. The zero-order chi connectivity index (χ0) is 39.6. The van der Waals surface area contributed by atoms with Crippen molar-refractivity contribution in [2.75, 3.05) is 11.5 Å². The van der Waals surface area contributed by atoms with Crippen LogP contribution < -0.4 is 32.3 Å². The summed E-state index contributed by atoms with van der Waals surface area (Å²) in [5.41, 5.74) is 8.49. The maximum Gasteiger partial charge on any atom is 0.327 e. The Morgan fingerprint density at radius 1 is 0.556 bits per heavy atom. The number of hydrogen-bond acceptors (Lipinski definition) is 9. The predicted octanol–water partition coefficient (Wildman–Crippen LogP) is 1.46. The monoisotopic (exact) mass is 778 g/mol. The molecule has 0 heterocycles. The number of carbonyl (C=O) groups is 6. The molecule has 7 atom stereocenters. The second kappa shape index (κ2) is 22.4. The first-order chi connectivity index (χ1) is 25.9. The lowest BCUT2D eigenvalue weighted by Gasteiger charge is -2.28. The second-order valence-electron chi connectivity index (χ2n) is 13.0. The summed E-state index contributed by atoms with van der Waals surface area (Å²) < 4.78 is 0. The Balaban J connectivity index is 1.80. The number of hydrogen-bond donors (Lipinski definition) is 9. The number of amides is 5. The highest BCUT2D eigenvalue weighted by molar-refractivity contribution is 7.80. The van der Waals surface area contributed by atoms with E-state index < -0.39 is 71.8 Å². The molecule has 3 rings (SSSR count). The van der Waals surface area contributed by atoms with Gasteiger partial charge in [-0.2, -0.15) is 25.3 Å². The van der Waals surface area contributed by atoms with Crippen molar-refractivity contribution in [3.05, 3.63) is 108 Å². The Morgan fingerprint density at radius 3 is 1.33 bits per heavy atom. The maximum atomic E-state index is 13.9. The largest absolute Gasteiger partial charge is 0.480 e. The molecule has 0 bridgehead atoms. The highest BCUT2D eigenvalue weighted by atomic mass is 32.1. The minimum atomic E-state index is -1.30. The van der Waals surface area contributed by atoms with Crippen LogP contribution in [0.25, 0.3) is 0 Å². The molecule has 8 N–H and O–H groups in total.